The summed E-state index contributed by atoms with van der Waals surface area (Å²) in [7, 11) is 3.15. The zero-order valence-corrected chi connectivity index (χ0v) is 18.3. The number of methoxy groups -OCH3 is 2. The van der Waals surface area contributed by atoms with Crippen molar-refractivity contribution in [2.45, 2.75) is 30.9 Å². The summed E-state index contributed by atoms with van der Waals surface area (Å²) in [5.74, 6) is 1.20. The van der Waals surface area contributed by atoms with Gasteiger partial charge in [-0.3, -0.25) is 9.59 Å². The molecule has 0 saturated heterocycles. The van der Waals surface area contributed by atoms with Crippen LogP contribution in [0.3, 0.4) is 0 Å². The highest BCUT2D eigenvalue weighted by Gasteiger charge is 2.19. The van der Waals surface area contributed by atoms with Gasteiger partial charge in [0.1, 0.15) is 0 Å². The van der Waals surface area contributed by atoms with Crippen molar-refractivity contribution in [2.24, 2.45) is 5.92 Å². The molecule has 2 amide bonds. The average Bonchev–Trinajstić information content (AvgIpc) is 2.72. The van der Waals surface area contributed by atoms with Crippen LogP contribution in [0, 0.1) is 5.92 Å². The molecule has 0 aliphatic heterocycles. The number of para-hydroxylation sites is 1. The van der Waals surface area contributed by atoms with E-state index >= 15 is 0 Å². The van der Waals surface area contributed by atoms with Crippen molar-refractivity contribution in [3.05, 3.63) is 48.0 Å². The SMILES string of the molecule is COc1ccc(S[C@H](C)C(=O)Nc2ccccc2C(=O)NCC(C)C)cc1OC. The number of anilines is 1. The number of ether oxygens (including phenoxy) is 2. The van der Waals surface area contributed by atoms with Gasteiger partial charge < -0.3 is 20.1 Å². The Balaban J connectivity index is 2.07. The van der Waals surface area contributed by atoms with E-state index in [-0.39, 0.29) is 17.1 Å². The smallest absolute Gasteiger partial charge is 0.253 e. The van der Waals surface area contributed by atoms with Gasteiger partial charge in [-0.1, -0.05) is 26.0 Å². The van der Waals surface area contributed by atoms with Gasteiger partial charge in [0.15, 0.2) is 11.5 Å². The summed E-state index contributed by atoms with van der Waals surface area (Å²) in [5.41, 5.74) is 0.948. The number of hydrogen-bond acceptors (Lipinski definition) is 5. The lowest BCUT2D eigenvalue weighted by Crippen LogP contribution is -2.29. The zero-order valence-electron chi connectivity index (χ0n) is 17.4. The largest absolute Gasteiger partial charge is 0.493 e. The molecule has 1 atom stereocenters. The minimum Gasteiger partial charge on any atom is -0.493 e. The second-order valence-electron chi connectivity index (χ2n) is 6.92. The van der Waals surface area contributed by atoms with Gasteiger partial charge in [-0.25, -0.2) is 0 Å². The first-order valence-electron chi connectivity index (χ1n) is 9.42. The van der Waals surface area contributed by atoms with Crippen LogP contribution in [0.15, 0.2) is 47.4 Å². The quantitative estimate of drug-likeness (QED) is 0.599. The van der Waals surface area contributed by atoms with E-state index in [4.69, 9.17) is 9.47 Å². The summed E-state index contributed by atoms with van der Waals surface area (Å²) in [5, 5.41) is 5.38. The van der Waals surface area contributed by atoms with Gasteiger partial charge in [0.2, 0.25) is 5.91 Å². The predicted octanol–water partition coefficient (Wildman–Crippen LogP) is 4.21. The molecule has 0 aromatic heterocycles. The first-order chi connectivity index (χ1) is 13.8. The molecule has 7 heteroatoms. The third-order valence-corrected chi connectivity index (χ3v) is 5.23. The van der Waals surface area contributed by atoms with Crippen molar-refractivity contribution < 1.29 is 19.1 Å². The third-order valence-electron chi connectivity index (χ3n) is 4.14. The number of hydrogen-bond donors (Lipinski definition) is 2. The van der Waals surface area contributed by atoms with E-state index in [0.29, 0.717) is 35.2 Å². The maximum atomic E-state index is 12.7. The number of thioether (sulfide) groups is 1. The van der Waals surface area contributed by atoms with Crippen molar-refractivity contribution in [3.63, 3.8) is 0 Å². The molecule has 6 nitrogen and oxygen atoms in total. The number of nitrogens with one attached hydrogen (secondary N) is 2. The summed E-state index contributed by atoms with van der Waals surface area (Å²) in [6.45, 7) is 6.45. The van der Waals surface area contributed by atoms with Gasteiger partial charge in [-0.15, -0.1) is 11.8 Å². The number of carbonyl (C=O) groups is 2. The number of carbonyl (C=O) groups excluding carboxylic acids is 2. The topological polar surface area (TPSA) is 76.7 Å². The molecular formula is C22H28N2O4S. The monoisotopic (exact) mass is 416 g/mol. The van der Waals surface area contributed by atoms with Crippen LogP contribution in [-0.4, -0.2) is 37.8 Å². The molecule has 2 rings (SSSR count). The van der Waals surface area contributed by atoms with Crippen LogP contribution in [0.4, 0.5) is 5.69 Å². The standard InChI is InChI=1S/C22H28N2O4S/c1-14(2)13-23-22(26)17-8-6-7-9-18(17)24-21(25)15(3)29-16-10-11-19(27-4)20(12-16)28-5/h6-12,14-15H,13H2,1-5H3,(H,23,26)(H,24,25)/t15-/m1/s1. The Labute approximate surface area is 176 Å². The van der Waals surface area contributed by atoms with E-state index in [1.165, 1.54) is 11.8 Å². The molecule has 0 spiro atoms. The molecule has 0 unspecified atom stereocenters. The van der Waals surface area contributed by atoms with E-state index in [1.54, 1.807) is 44.6 Å². The van der Waals surface area contributed by atoms with Crippen molar-refractivity contribution in [3.8, 4) is 11.5 Å². The molecule has 0 aliphatic rings. The minimum atomic E-state index is -0.375. The van der Waals surface area contributed by atoms with Crippen LogP contribution in [-0.2, 0) is 4.79 Å². The Bertz CT molecular complexity index is 854. The van der Waals surface area contributed by atoms with E-state index in [1.807, 2.05) is 32.9 Å². The Hall–Kier alpha value is -2.67. The first-order valence-corrected chi connectivity index (χ1v) is 10.3. The average molecular weight is 417 g/mol. The minimum absolute atomic E-state index is 0.186. The van der Waals surface area contributed by atoms with Gasteiger partial charge in [0, 0.05) is 11.4 Å². The highest BCUT2D eigenvalue weighted by Crippen LogP contribution is 2.33. The zero-order chi connectivity index (χ0) is 21.4. The van der Waals surface area contributed by atoms with Crippen LogP contribution in [0.2, 0.25) is 0 Å². The van der Waals surface area contributed by atoms with Crippen LogP contribution in [0.1, 0.15) is 31.1 Å². The Kier molecular flexibility index (Phi) is 8.39. The highest BCUT2D eigenvalue weighted by molar-refractivity contribution is 8.00. The van der Waals surface area contributed by atoms with Crippen LogP contribution in [0.5, 0.6) is 11.5 Å². The second kappa shape index (κ2) is 10.8. The lowest BCUT2D eigenvalue weighted by Gasteiger charge is -2.16. The third kappa shape index (κ3) is 6.42. The maximum absolute atomic E-state index is 12.7. The van der Waals surface area contributed by atoms with Crippen LogP contribution < -0.4 is 20.1 Å². The molecule has 2 aromatic rings. The van der Waals surface area contributed by atoms with Crippen molar-refractivity contribution >= 4 is 29.3 Å². The van der Waals surface area contributed by atoms with Gasteiger partial charge >= 0.3 is 0 Å². The van der Waals surface area contributed by atoms with E-state index in [0.717, 1.165) is 4.90 Å². The second-order valence-corrected chi connectivity index (χ2v) is 8.33. The van der Waals surface area contributed by atoms with Gasteiger partial charge in [-0.2, -0.15) is 0 Å². The summed E-state index contributed by atoms with van der Waals surface area (Å²) in [6, 6.07) is 12.5. The summed E-state index contributed by atoms with van der Waals surface area (Å²) in [4.78, 5) is 26.0. The van der Waals surface area contributed by atoms with Crippen molar-refractivity contribution in [2.75, 3.05) is 26.1 Å². The van der Waals surface area contributed by atoms with E-state index < -0.39 is 0 Å². The molecule has 2 aromatic carbocycles. The van der Waals surface area contributed by atoms with E-state index in [2.05, 4.69) is 10.6 Å². The summed E-state index contributed by atoms with van der Waals surface area (Å²) < 4.78 is 10.6. The fraction of sp³-hybridized carbons (Fsp3) is 0.364. The highest BCUT2D eigenvalue weighted by atomic mass is 32.2. The number of rotatable bonds is 9. The predicted molar refractivity (Wildman–Crippen MR) is 117 cm³/mol. The number of amides is 2. The molecule has 0 bridgehead atoms. The first kappa shape index (κ1) is 22.6. The molecule has 0 radical (unpaired) electrons. The van der Waals surface area contributed by atoms with Crippen molar-refractivity contribution in [1.29, 1.82) is 0 Å². The van der Waals surface area contributed by atoms with E-state index in [9.17, 15) is 9.59 Å². The molecule has 0 fully saturated rings. The molecular weight excluding hydrogens is 388 g/mol. The fourth-order valence-corrected chi connectivity index (χ4v) is 3.46. The number of benzene rings is 2. The van der Waals surface area contributed by atoms with Crippen molar-refractivity contribution in [1.82, 2.24) is 5.32 Å². The summed E-state index contributed by atoms with van der Waals surface area (Å²) in [6.07, 6.45) is 0. The normalized spacial score (nSPS) is 11.7. The fourth-order valence-electron chi connectivity index (χ4n) is 2.56. The lowest BCUT2D eigenvalue weighted by atomic mass is 10.1. The molecule has 0 aliphatic carbocycles. The maximum Gasteiger partial charge on any atom is 0.253 e. The lowest BCUT2D eigenvalue weighted by molar-refractivity contribution is -0.115. The van der Waals surface area contributed by atoms with Crippen LogP contribution >= 0.6 is 11.8 Å². The molecule has 2 N–H and O–H groups in total. The van der Waals surface area contributed by atoms with Gasteiger partial charge in [-0.05, 0) is 43.2 Å². The molecule has 29 heavy (non-hydrogen) atoms. The summed E-state index contributed by atoms with van der Waals surface area (Å²) >= 11 is 1.40. The Morgan fingerprint density at radius 3 is 2.34 bits per heavy atom. The van der Waals surface area contributed by atoms with Crippen LogP contribution in [0.25, 0.3) is 0 Å². The molecule has 0 heterocycles. The Morgan fingerprint density at radius 2 is 1.69 bits per heavy atom. The Morgan fingerprint density at radius 1 is 1.00 bits per heavy atom. The van der Waals surface area contributed by atoms with Gasteiger partial charge in [0.05, 0.1) is 30.7 Å². The molecule has 156 valence electrons. The van der Waals surface area contributed by atoms with Gasteiger partial charge in [0.25, 0.3) is 5.91 Å². The molecule has 0 saturated carbocycles.